The van der Waals surface area contributed by atoms with Crippen molar-refractivity contribution in [3.05, 3.63) is 28.3 Å². The minimum atomic E-state index is -0.552. The molecule has 0 aliphatic heterocycles. The predicted octanol–water partition coefficient (Wildman–Crippen LogP) is 3.37. The van der Waals surface area contributed by atoms with Crippen LogP contribution in [0.2, 0.25) is 0 Å². The van der Waals surface area contributed by atoms with E-state index < -0.39 is 12.2 Å². The van der Waals surface area contributed by atoms with Crippen LogP contribution in [0.25, 0.3) is 12.2 Å². The molecule has 0 spiro atoms. The Morgan fingerprint density at radius 2 is 1.96 bits per heavy atom. The summed E-state index contributed by atoms with van der Waals surface area (Å²) in [6.07, 6.45) is 8.47. The molecule has 0 bridgehead atoms. The van der Waals surface area contributed by atoms with Crippen molar-refractivity contribution in [1.82, 2.24) is 0 Å². The number of benzene rings is 1. The Bertz CT molecular complexity index is 737. The molecule has 0 heterocycles. The van der Waals surface area contributed by atoms with E-state index in [2.05, 4.69) is 25.1 Å². The number of aliphatic hydroxyl groups is 2. The molecule has 0 amide bonds. The molecular formula is C21H26O3. The van der Waals surface area contributed by atoms with Gasteiger partial charge in [-0.1, -0.05) is 19.1 Å². The minimum Gasteiger partial charge on any atom is -0.496 e. The summed E-state index contributed by atoms with van der Waals surface area (Å²) in [5.74, 6) is 2.62. The SMILES string of the molecule is COc1cc2c(c3c1C=C3)[C@H]1CC[C@]3(C)[C@H](O)[C@H](O)C[C@H]3[C@@H]1CC2. The summed E-state index contributed by atoms with van der Waals surface area (Å²) in [5.41, 5.74) is 5.55. The maximum Gasteiger partial charge on any atom is 0.126 e. The lowest BCUT2D eigenvalue weighted by molar-refractivity contribution is -0.0505. The Hall–Kier alpha value is -1.32. The van der Waals surface area contributed by atoms with Gasteiger partial charge in [0.15, 0.2) is 0 Å². The van der Waals surface area contributed by atoms with Gasteiger partial charge < -0.3 is 14.9 Å². The van der Waals surface area contributed by atoms with Crippen LogP contribution in [0.1, 0.15) is 60.8 Å². The number of hydrogen-bond acceptors (Lipinski definition) is 3. The molecule has 2 fully saturated rings. The zero-order valence-corrected chi connectivity index (χ0v) is 14.5. The van der Waals surface area contributed by atoms with Gasteiger partial charge in [-0.05, 0) is 78.0 Å². The monoisotopic (exact) mass is 326 g/mol. The van der Waals surface area contributed by atoms with E-state index in [1.165, 1.54) is 23.1 Å². The van der Waals surface area contributed by atoms with Crippen molar-refractivity contribution in [1.29, 1.82) is 0 Å². The first-order chi connectivity index (χ1) is 11.5. The Morgan fingerprint density at radius 3 is 2.67 bits per heavy atom. The van der Waals surface area contributed by atoms with E-state index >= 15 is 0 Å². The van der Waals surface area contributed by atoms with Gasteiger partial charge in [0.05, 0.1) is 19.3 Å². The molecule has 3 heteroatoms. The summed E-state index contributed by atoms with van der Waals surface area (Å²) in [6, 6.07) is 2.25. The summed E-state index contributed by atoms with van der Waals surface area (Å²) in [7, 11) is 1.76. The number of rotatable bonds is 1. The van der Waals surface area contributed by atoms with Gasteiger partial charge in [-0.25, -0.2) is 0 Å². The molecule has 1 aromatic carbocycles. The predicted molar refractivity (Wildman–Crippen MR) is 93.9 cm³/mol. The van der Waals surface area contributed by atoms with Gasteiger partial charge >= 0.3 is 0 Å². The lowest BCUT2D eigenvalue weighted by Gasteiger charge is -2.50. The van der Waals surface area contributed by atoms with Crippen molar-refractivity contribution in [3.63, 3.8) is 0 Å². The van der Waals surface area contributed by atoms with E-state index in [0.29, 0.717) is 17.8 Å². The van der Waals surface area contributed by atoms with Gasteiger partial charge in [-0.15, -0.1) is 0 Å². The second-order valence-corrected chi connectivity index (χ2v) is 8.52. The van der Waals surface area contributed by atoms with E-state index in [1.54, 1.807) is 12.7 Å². The third kappa shape index (κ3) is 1.70. The van der Waals surface area contributed by atoms with E-state index in [0.717, 1.165) is 31.4 Å². The molecule has 3 nitrogen and oxygen atoms in total. The molecule has 0 aromatic heterocycles. The molecule has 4 aliphatic rings. The van der Waals surface area contributed by atoms with Crippen LogP contribution < -0.4 is 4.74 Å². The lowest BCUT2D eigenvalue weighted by Crippen LogP contribution is -2.45. The summed E-state index contributed by atoms with van der Waals surface area (Å²) >= 11 is 0. The molecule has 6 atom stereocenters. The first kappa shape index (κ1) is 15.0. The third-order valence-electron chi connectivity index (χ3n) is 7.66. The topological polar surface area (TPSA) is 49.7 Å². The molecule has 4 aliphatic carbocycles. The van der Waals surface area contributed by atoms with Gasteiger partial charge in [0.25, 0.3) is 0 Å². The standard InChI is InChI=1S/C21H26O3/c1-21-8-7-15-12(16(21)10-17(22)20(21)23)4-3-11-9-18(24-2)13-5-6-14(13)19(11)15/h5-6,9,12,15-17,20,22-23H,3-4,7-8,10H2,1-2H3/t12-,15+,16+,17-,20-,21+/m1/s1. The number of methoxy groups -OCH3 is 1. The van der Waals surface area contributed by atoms with Crippen molar-refractivity contribution in [2.24, 2.45) is 17.3 Å². The third-order valence-corrected chi connectivity index (χ3v) is 7.66. The van der Waals surface area contributed by atoms with Crippen LogP contribution in [0.3, 0.4) is 0 Å². The van der Waals surface area contributed by atoms with Crippen molar-refractivity contribution >= 4 is 12.2 Å². The number of aliphatic hydroxyl groups excluding tert-OH is 2. The number of aryl methyl sites for hydroxylation is 1. The van der Waals surface area contributed by atoms with E-state index in [9.17, 15) is 10.2 Å². The average molecular weight is 326 g/mol. The highest BCUT2D eigenvalue weighted by atomic mass is 16.5. The second kappa shape index (κ2) is 4.86. The van der Waals surface area contributed by atoms with Crippen LogP contribution in [-0.2, 0) is 6.42 Å². The maximum atomic E-state index is 10.5. The highest BCUT2D eigenvalue weighted by Gasteiger charge is 2.58. The molecule has 0 saturated heterocycles. The Morgan fingerprint density at radius 1 is 1.17 bits per heavy atom. The van der Waals surface area contributed by atoms with E-state index in [1.807, 2.05) is 0 Å². The van der Waals surface area contributed by atoms with Gasteiger partial charge in [-0.2, -0.15) is 0 Å². The summed E-state index contributed by atoms with van der Waals surface area (Å²) < 4.78 is 5.58. The Kier molecular flexibility index (Phi) is 3.03. The fraction of sp³-hybridized carbons (Fsp3) is 0.619. The van der Waals surface area contributed by atoms with Crippen molar-refractivity contribution in [2.75, 3.05) is 7.11 Å². The van der Waals surface area contributed by atoms with Crippen LogP contribution in [0.15, 0.2) is 6.07 Å². The van der Waals surface area contributed by atoms with Crippen molar-refractivity contribution in [3.8, 4) is 5.75 Å². The van der Waals surface area contributed by atoms with Gasteiger partial charge in [0, 0.05) is 5.56 Å². The van der Waals surface area contributed by atoms with Crippen LogP contribution in [-0.4, -0.2) is 29.5 Å². The van der Waals surface area contributed by atoms with Gasteiger partial charge in [0.1, 0.15) is 5.75 Å². The highest BCUT2D eigenvalue weighted by molar-refractivity contribution is 5.91. The molecule has 0 unspecified atom stereocenters. The van der Waals surface area contributed by atoms with Crippen LogP contribution in [0.4, 0.5) is 0 Å². The van der Waals surface area contributed by atoms with E-state index in [4.69, 9.17) is 4.74 Å². The van der Waals surface area contributed by atoms with Crippen LogP contribution >= 0.6 is 0 Å². The van der Waals surface area contributed by atoms with Crippen molar-refractivity contribution < 1.29 is 14.9 Å². The number of hydrogen-bond donors (Lipinski definition) is 2. The molecule has 2 saturated carbocycles. The minimum absolute atomic E-state index is 0.104. The largest absolute Gasteiger partial charge is 0.496 e. The van der Waals surface area contributed by atoms with Crippen LogP contribution in [0.5, 0.6) is 5.75 Å². The highest BCUT2D eigenvalue weighted by Crippen LogP contribution is 2.62. The summed E-state index contributed by atoms with van der Waals surface area (Å²) in [4.78, 5) is 0. The van der Waals surface area contributed by atoms with Gasteiger partial charge in [0.2, 0.25) is 0 Å². The zero-order chi connectivity index (χ0) is 16.6. The quantitative estimate of drug-likeness (QED) is 0.845. The number of ether oxygens (including phenoxy) is 1. The maximum absolute atomic E-state index is 10.5. The normalized spacial score (nSPS) is 41.8. The Balaban J connectivity index is 1.58. The molecule has 0 radical (unpaired) electrons. The molecular weight excluding hydrogens is 300 g/mol. The zero-order valence-electron chi connectivity index (χ0n) is 14.5. The fourth-order valence-electron chi connectivity index (χ4n) is 6.36. The molecule has 1 aromatic rings. The van der Waals surface area contributed by atoms with Gasteiger partial charge in [-0.3, -0.25) is 0 Å². The average Bonchev–Trinajstić information content (AvgIpc) is 2.78. The van der Waals surface area contributed by atoms with Crippen LogP contribution in [0, 0.1) is 17.3 Å². The summed E-state index contributed by atoms with van der Waals surface area (Å²) in [6.45, 7) is 2.20. The second-order valence-electron chi connectivity index (χ2n) is 8.52. The fourth-order valence-corrected chi connectivity index (χ4v) is 6.36. The lowest BCUT2D eigenvalue weighted by atomic mass is 9.54. The molecule has 2 N–H and O–H groups in total. The Labute approximate surface area is 143 Å². The first-order valence-electron chi connectivity index (χ1n) is 9.32. The number of fused-ring (bicyclic) bond motifs is 7. The van der Waals surface area contributed by atoms with Crippen molar-refractivity contribution in [2.45, 2.75) is 57.2 Å². The smallest absolute Gasteiger partial charge is 0.126 e. The molecule has 5 rings (SSSR count). The molecule has 24 heavy (non-hydrogen) atoms. The first-order valence-corrected chi connectivity index (χ1v) is 9.32. The summed E-state index contributed by atoms with van der Waals surface area (Å²) in [5, 5.41) is 20.8. The molecule has 128 valence electrons. The van der Waals surface area contributed by atoms with E-state index in [-0.39, 0.29) is 5.41 Å².